The number of amides is 4. The van der Waals surface area contributed by atoms with Crippen LogP contribution in [-0.4, -0.2) is 85.1 Å². The minimum Gasteiger partial charge on any atom is -0.487 e. The lowest BCUT2D eigenvalue weighted by molar-refractivity contribution is -0.136. The van der Waals surface area contributed by atoms with E-state index in [0.717, 1.165) is 52.1 Å². The van der Waals surface area contributed by atoms with Gasteiger partial charge in [0, 0.05) is 24.9 Å². The lowest BCUT2D eigenvalue weighted by atomic mass is 9.78. The molecule has 12 nitrogen and oxygen atoms in total. The minimum absolute atomic E-state index is 0.0774. The first-order valence-corrected chi connectivity index (χ1v) is 18.0. The fourth-order valence-electron chi connectivity index (χ4n) is 7.42. The molecule has 4 aromatic rings. The highest BCUT2D eigenvalue weighted by atomic mass is 16.5. The van der Waals surface area contributed by atoms with Crippen molar-refractivity contribution in [3.63, 3.8) is 0 Å². The summed E-state index contributed by atoms with van der Waals surface area (Å²) in [5.41, 5.74) is 4.10. The molecule has 1 N–H and O–H groups in total. The molecule has 1 aromatic heterocycles. The predicted octanol–water partition coefficient (Wildman–Crippen LogP) is 4.49. The average molecular weight is 716 g/mol. The van der Waals surface area contributed by atoms with E-state index in [1.54, 1.807) is 12.1 Å². The molecule has 1 atom stereocenters. The third kappa shape index (κ3) is 6.70. The number of morpholine rings is 1. The van der Waals surface area contributed by atoms with Crippen molar-refractivity contribution in [2.45, 2.75) is 50.9 Å². The summed E-state index contributed by atoms with van der Waals surface area (Å²) in [5, 5.41) is 2.24. The number of benzene rings is 3. The monoisotopic (exact) mass is 715 g/mol. The van der Waals surface area contributed by atoms with Crippen molar-refractivity contribution in [1.82, 2.24) is 15.2 Å². The summed E-state index contributed by atoms with van der Waals surface area (Å²) in [6.07, 6.45) is 0.0913. The Bertz CT molecular complexity index is 2050. The number of hydrogen-bond donors (Lipinski definition) is 1. The highest BCUT2D eigenvalue weighted by Crippen LogP contribution is 2.37. The van der Waals surface area contributed by atoms with Crippen LogP contribution in [-0.2, 0) is 26.3 Å². The lowest BCUT2D eigenvalue weighted by Gasteiger charge is -2.41. The lowest BCUT2D eigenvalue weighted by Crippen LogP contribution is -2.55. The molecular formula is C41H41N5O7. The SMILES string of the molecule is CC(C)(c1ccc(OCc2cccc(N3CCOCC3)n2)cc1)c1ccc(OC2CN(c3cccc4c3C(=O)N(C3CCC(=O)NC3=O)C4=O)C2)cc1. The van der Waals surface area contributed by atoms with Gasteiger partial charge < -0.3 is 24.0 Å². The molecule has 3 fully saturated rings. The van der Waals surface area contributed by atoms with Gasteiger partial charge >= 0.3 is 0 Å². The number of rotatable bonds is 10. The Kier molecular flexibility index (Phi) is 9.07. The zero-order chi connectivity index (χ0) is 36.7. The molecule has 4 aliphatic rings. The van der Waals surface area contributed by atoms with Crippen LogP contribution >= 0.6 is 0 Å². The Morgan fingerprint density at radius 1 is 0.811 bits per heavy atom. The summed E-state index contributed by atoms with van der Waals surface area (Å²) in [6.45, 7) is 8.94. The number of piperidine rings is 1. The maximum absolute atomic E-state index is 13.5. The minimum atomic E-state index is -1.00. The molecule has 4 aliphatic heterocycles. The van der Waals surface area contributed by atoms with Crippen LogP contribution in [0.5, 0.6) is 11.5 Å². The summed E-state index contributed by atoms with van der Waals surface area (Å²) >= 11 is 0. The molecule has 4 amide bonds. The summed E-state index contributed by atoms with van der Waals surface area (Å²) in [6, 6.07) is 26.5. The van der Waals surface area contributed by atoms with E-state index < -0.39 is 29.7 Å². The van der Waals surface area contributed by atoms with Crippen molar-refractivity contribution < 1.29 is 33.4 Å². The van der Waals surface area contributed by atoms with Gasteiger partial charge in [-0.15, -0.1) is 0 Å². The van der Waals surface area contributed by atoms with Crippen LogP contribution in [0.4, 0.5) is 11.5 Å². The Balaban J connectivity index is 0.858. The number of carbonyl (C=O) groups is 4. The number of imide groups is 2. The van der Waals surface area contributed by atoms with Gasteiger partial charge in [0.15, 0.2) is 0 Å². The number of carbonyl (C=O) groups excluding carboxylic acids is 4. The summed E-state index contributed by atoms with van der Waals surface area (Å²) < 4.78 is 17.8. The van der Waals surface area contributed by atoms with Crippen molar-refractivity contribution in [2.24, 2.45) is 0 Å². The average Bonchev–Trinajstić information content (AvgIpc) is 3.42. The second-order valence-corrected chi connectivity index (χ2v) is 14.3. The molecule has 5 heterocycles. The van der Waals surface area contributed by atoms with Gasteiger partial charge in [0.2, 0.25) is 11.8 Å². The fourth-order valence-corrected chi connectivity index (χ4v) is 7.42. The van der Waals surface area contributed by atoms with Gasteiger partial charge in [0.1, 0.15) is 36.1 Å². The largest absolute Gasteiger partial charge is 0.487 e. The van der Waals surface area contributed by atoms with Gasteiger partial charge in [-0.25, -0.2) is 4.98 Å². The number of fused-ring (bicyclic) bond motifs is 1. The van der Waals surface area contributed by atoms with Crippen LogP contribution in [0.2, 0.25) is 0 Å². The van der Waals surface area contributed by atoms with Crippen LogP contribution in [0.3, 0.4) is 0 Å². The Morgan fingerprint density at radius 3 is 2.19 bits per heavy atom. The molecule has 3 aromatic carbocycles. The quantitative estimate of drug-likeness (QED) is 0.235. The topological polar surface area (TPSA) is 131 Å². The van der Waals surface area contributed by atoms with Crippen molar-refractivity contribution in [3.05, 3.63) is 113 Å². The maximum atomic E-state index is 13.5. The molecule has 12 heteroatoms. The van der Waals surface area contributed by atoms with Crippen LogP contribution in [0, 0.1) is 0 Å². The third-order valence-electron chi connectivity index (χ3n) is 10.6. The summed E-state index contributed by atoms with van der Waals surface area (Å²) in [5.74, 6) is 0.431. The van der Waals surface area contributed by atoms with Crippen LogP contribution in [0.25, 0.3) is 0 Å². The second kappa shape index (κ2) is 14.0. The zero-order valence-corrected chi connectivity index (χ0v) is 29.7. The number of nitrogens with one attached hydrogen (secondary N) is 1. The van der Waals surface area contributed by atoms with Crippen LogP contribution in [0.1, 0.15) is 64.2 Å². The molecule has 1 unspecified atom stereocenters. The van der Waals surface area contributed by atoms with Gasteiger partial charge in [0.05, 0.1) is 48.8 Å². The molecule has 53 heavy (non-hydrogen) atoms. The number of hydrogen-bond acceptors (Lipinski definition) is 10. The molecule has 0 bridgehead atoms. The van der Waals surface area contributed by atoms with Crippen molar-refractivity contribution >= 4 is 35.1 Å². The predicted molar refractivity (Wildman–Crippen MR) is 196 cm³/mol. The van der Waals surface area contributed by atoms with E-state index in [-0.39, 0.29) is 35.5 Å². The number of anilines is 2. The van der Waals surface area contributed by atoms with Gasteiger partial charge in [-0.1, -0.05) is 50.2 Å². The molecule has 0 saturated carbocycles. The first kappa shape index (κ1) is 34.3. The number of aromatic nitrogens is 1. The van der Waals surface area contributed by atoms with Gasteiger partial charge in [-0.2, -0.15) is 0 Å². The summed E-state index contributed by atoms with van der Waals surface area (Å²) in [7, 11) is 0. The highest BCUT2D eigenvalue weighted by molar-refractivity contribution is 6.25. The van der Waals surface area contributed by atoms with E-state index >= 15 is 0 Å². The normalized spacial score (nSPS) is 19.2. The number of ether oxygens (including phenoxy) is 3. The first-order chi connectivity index (χ1) is 25.7. The smallest absolute Gasteiger partial charge is 0.264 e. The Hall–Kier alpha value is -5.75. The third-order valence-corrected chi connectivity index (χ3v) is 10.6. The van der Waals surface area contributed by atoms with E-state index in [4.69, 9.17) is 19.2 Å². The van der Waals surface area contributed by atoms with E-state index in [2.05, 4.69) is 48.3 Å². The molecular weight excluding hydrogens is 674 g/mol. The molecule has 3 saturated heterocycles. The first-order valence-electron chi connectivity index (χ1n) is 18.0. The van der Waals surface area contributed by atoms with Gasteiger partial charge in [-0.3, -0.25) is 29.4 Å². The van der Waals surface area contributed by atoms with Gasteiger partial charge in [-0.05, 0) is 66.1 Å². The van der Waals surface area contributed by atoms with E-state index in [0.29, 0.717) is 38.6 Å². The van der Waals surface area contributed by atoms with E-state index in [9.17, 15) is 19.2 Å². The molecule has 0 spiro atoms. The fraction of sp³-hybridized carbons (Fsp3) is 0.341. The molecule has 0 radical (unpaired) electrons. The van der Waals surface area contributed by atoms with E-state index in [1.165, 1.54) is 0 Å². The Labute approximate surface area is 307 Å². The Morgan fingerprint density at radius 2 is 1.49 bits per heavy atom. The second-order valence-electron chi connectivity index (χ2n) is 14.3. The summed E-state index contributed by atoms with van der Waals surface area (Å²) in [4.78, 5) is 60.9. The van der Waals surface area contributed by atoms with Crippen LogP contribution < -0.4 is 24.6 Å². The van der Waals surface area contributed by atoms with Crippen LogP contribution in [0.15, 0.2) is 84.9 Å². The molecule has 0 aliphatic carbocycles. The van der Waals surface area contributed by atoms with Crippen molar-refractivity contribution in [1.29, 1.82) is 0 Å². The zero-order valence-electron chi connectivity index (χ0n) is 29.7. The molecule has 272 valence electrons. The maximum Gasteiger partial charge on any atom is 0.264 e. The standard InChI is InChI=1S/C41H41N5O7/c1-41(2,26-9-13-29(14-10-26)52-25-28-5-3-8-35(42-28)44-19-21-51-22-20-44)27-11-15-30(16-12-27)53-31-23-45(24-31)33-7-4-6-32-37(33)40(50)46(39(32)49)34-17-18-36(47)43-38(34)48/h3-16,31,34H,17-25H2,1-2H3,(H,43,47,48). The van der Waals surface area contributed by atoms with Crippen molar-refractivity contribution in [2.75, 3.05) is 49.2 Å². The van der Waals surface area contributed by atoms with Crippen molar-refractivity contribution in [3.8, 4) is 11.5 Å². The number of nitrogens with zero attached hydrogens (tertiary/aromatic N) is 4. The van der Waals surface area contributed by atoms with E-state index in [1.807, 2.05) is 53.4 Å². The number of pyridine rings is 1. The molecule has 8 rings (SSSR count). The van der Waals surface area contributed by atoms with Gasteiger partial charge in [0.25, 0.3) is 11.8 Å². The highest BCUT2D eigenvalue weighted by Gasteiger charge is 2.47.